The predicted molar refractivity (Wildman–Crippen MR) is 96.6 cm³/mol. The van der Waals surface area contributed by atoms with E-state index < -0.39 is 5.91 Å². The molecule has 5 nitrogen and oxygen atoms in total. The van der Waals surface area contributed by atoms with Crippen LogP contribution >= 0.6 is 22.9 Å². The molecular formula is C17H13ClN2O3S. The van der Waals surface area contributed by atoms with Gasteiger partial charge in [-0.2, -0.15) is 5.10 Å². The van der Waals surface area contributed by atoms with Crippen LogP contribution in [0.3, 0.4) is 0 Å². The van der Waals surface area contributed by atoms with Gasteiger partial charge in [0, 0.05) is 15.6 Å². The van der Waals surface area contributed by atoms with E-state index in [1.807, 2.05) is 24.3 Å². The number of ether oxygens (including phenoxy) is 1. The number of nitrogens with one attached hydrogen (secondary N) is 1. The molecule has 0 aliphatic carbocycles. The summed E-state index contributed by atoms with van der Waals surface area (Å²) >= 11 is 7.55. The summed E-state index contributed by atoms with van der Waals surface area (Å²) < 4.78 is 6.01. The Morgan fingerprint density at radius 3 is 2.88 bits per heavy atom. The first-order valence-corrected chi connectivity index (χ1v) is 8.17. The number of amides is 1. The molecule has 122 valence electrons. The largest absolute Gasteiger partial charge is 0.507 e. The fourth-order valence-corrected chi connectivity index (χ4v) is 3.54. The summed E-state index contributed by atoms with van der Waals surface area (Å²) in [7, 11) is 1.53. The van der Waals surface area contributed by atoms with Crippen LogP contribution in [0.15, 0.2) is 47.6 Å². The van der Waals surface area contributed by atoms with Gasteiger partial charge in [0.15, 0.2) is 0 Å². The maximum absolute atomic E-state index is 12.2. The van der Waals surface area contributed by atoms with Crippen LogP contribution in [-0.4, -0.2) is 24.3 Å². The van der Waals surface area contributed by atoms with Crippen LogP contribution in [0, 0.1) is 0 Å². The minimum Gasteiger partial charge on any atom is -0.507 e. The third-order valence-corrected chi connectivity index (χ3v) is 5.02. The van der Waals surface area contributed by atoms with Crippen molar-refractivity contribution in [3.63, 3.8) is 0 Å². The molecule has 0 spiro atoms. The lowest BCUT2D eigenvalue weighted by atomic mass is 10.2. The first-order chi connectivity index (χ1) is 11.6. The Hall–Kier alpha value is -2.57. The number of methoxy groups -OCH3 is 1. The summed E-state index contributed by atoms with van der Waals surface area (Å²) in [5.74, 6) is 0.210. The Balaban J connectivity index is 1.78. The van der Waals surface area contributed by atoms with E-state index in [1.165, 1.54) is 30.7 Å². The first kappa shape index (κ1) is 16.3. The molecule has 2 aromatic carbocycles. The lowest BCUT2D eigenvalue weighted by Gasteiger charge is -2.03. The molecule has 0 saturated carbocycles. The first-order valence-electron chi connectivity index (χ1n) is 6.97. The van der Waals surface area contributed by atoms with E-state index in [1.54, 1.807) is 12.1 Å². The quantitative estimate of drug-likeness (QED) is 0.545. The van der Waals surface area contributed by atoms with Crippen molar-refractivity contribution in [3.8, 4) is 11.5 Å². The molecule has 3 aromatic rings. The molecule has 3 rings (SSSR count). The molecule has 1 aromatic heterocycles. The molecule has 2 N–H and O–H groups in total. The fourth-order valence-electron chi connectivity index (χ4n) is 2.13. The number of benzene rings is 2. The Labute approximate surface area is 147 Å². The van der Waals surface area contributed by atoms with Crippen molar-refractivity contribution in [3.05, 3.63) is 57.9 Å². The lowest BCUT2D eigenvalue weighted by molar-refractivity contribution is 0.0959. The number of hydrogen-bond donors (Lipinski definition) is 2. The number of fused-ring (bicyclic) bond motifs is 1. The number of aromatic hydroxyl groups is 1. The monoisotopic (exact) mass is 360 g/mol. The van der Waals surface area contributed by atoms with Gasteiger partial charge < -0.3 is 9.84 Å². The Morgan fingerprint density at radius 1 is 1.33 bits per heavy atom. The maximum Gasteiger partial charge on any atom is 0.283 e. The van der Waals surface area contributed by atoms with Crippen LogP contribution in [0.5, 0.6) is 11.5 Å². The average molecular weight is 361 g/mol. The van der Waals surface area contributed by atoms with Crippen molar-refractivity contribution in [2.24, 2.45) is 5.10 Å². The number of thiophene rings is 1. The zero-order valence-electron chi connectivity index (χ0n) is 12.6. The maximum atomic E-state index is 12.2. The molecule has 0 bridgehead atoms. The molecule has 0 atom stereocenters. The molecule has 24 heavy (non-hydrogen) atoms. The molecule has 1 heterocycles. The Kier molecular flexibility index (Phi) is 4.69. The summed E-state index contributed by atoms with van der Waals surface area (Å²) in [6, 6.07) is 12.3. The SMILES string of the molecule is COc1ccc(O)c(/C=N/NC(=O)c2sc3ccccc3c2Cl)c1. The van der Waals surface area contributed by atoms with Crippen LogP contribution in [0.25, 0.3) is 10.1 Å². The topological polar surface area (TPSA) is 70.9 Å². The minimum atomic E-state index is -0.403. The smallest absolute Gasteiger partial charge is 0.283 e. The van der Waals surface area contributed by atoms with Gasteiger partial charge in [0.2, 0.25) is 0 Å². The normalized spacial score (nSPS) is 11.1. The van der Waals surface area contributed by atoms with Gasteiger partial charge in [-0.3, -0.25) is 4.79 Å². The number of carbonyl (C=O) groups excluding carboxylic acids is 1. The molecule has 1 amide bonds. The van der Waals surface area contributed by atoms with Gasteiger partial charge in [-0.05, 0) is 24.3 Å². The van der Waals surface area contributed by atoms with Crippen molar-refractivity contribution >= 4 is 45.1 Å². The van der Waals surface area contributed by atoms with E-state index in [4.69, 9.17) is 16.3 Å². The van der Waals surface area contributed by atoms with Gasteiger partial charge in [0.05, 0.1) is 18.3 Å². The van der Waals surface area contributed by atoms with E-state index in [0.717, 1.165) is 10.1 Å². The van der Waals surface area contributed by atoms with Crippen LogP contribution in [0.2, 0.25) is 5.02 Å². The standard InChI is InChI=1S/C17H13ClN2O3S/c1-23-11-6-7-13(21)10(8-11)9-19-20-17(22)16-15(18)12-4-2-3-5-14(12)24-16/h2-9,21H,1H3,(H,20,22)/b19-9+. The van der Waals surface area contributed by atoms with E-state index in [2.05, 4.69) is 10.5 Å². The number of carbonyl (C=O) groups is 1. The van der Waals surface area contributed by atoms with Gasteiger partial charge in [0.1, 0.15) is 16.4 Å². The van der Waals surface area contributed by atoms with Crippen molar-refractivity contribution in [2.75, 3.05) is 7.11 Å². The number of halogens is 1. The molecule has 7 heteroatoms. The van der Waals surface area contributed by atoms with E-state index in [-0.39, 0.29) is 5.75 Å². The number of phenolic OH excluding ortho intramolecular Hbond substituents is 1. The second-order valence-electron chi connectivity index (χ2n) is 4.87. The van der Waals surface area contributed by atoms with Crippen LogP contribution < -0.4 is 10.2 Å². The molecule has 0 saturated heterocycles. The van der Waals surface area contributed by atoms with Gasteiger partial charge in [-0.25, -0.2) is 5.43 Å². The molecular weight excluding hydrogens is 348 g/mol. The van der Waals surface area contributed by atoms with E-state index >= 15 is 0 Å². The summed E-state index contributed by atoms with van der Waals surface area (Å²) in [5.41, 5.74) is 2.85. The second-order valence-corrected chi connectivity index (χ2v) is 6.30. The highest BCUT2D eigenvalue weighted by Gasteiger charge is 2.16. The van der Waals surface area contributed by atoms with Crippen LogP contribution in [0.1, 0.15) is 15.2 Å². The fraction of sp³-hybridized carbons (Fsp3) is 0.0588. The van der Waals surface area contributed by atoms with Gasteiger partial charge in [-0.15, -0.1) is 11.3 Å². The van der Waals surface area contributed by atoms with Crippen molar-refractivity contribution in [1.82, 2.24) is 5.43 Å². The van der Waals surface area contributed by atoms with E-state index in [0.29, 0.717) is 21.2 Å². The van der Waals surface area contributed by atoms with Crippen LogP contribution in [-0.2, 0) is 0 Å². The summed E-state index contributed by atoms with van der Waals surface area (Å²) in [6.07, 6.45) is 1.34. The summed E-state index contributed by atoms with van der Waals surface area (Å²) in [4.78, 5) is 12.6. The number of hydrogen-bond acceptors (Lipinski definition) is 5. The zero-order chi connectivity index (χ0) is 17.1. The van der Waals surface area contributed by atoms with Gasteiger partial charge in [-0.1, -0.05) is 29.8 Å². The van der Waals surface area contributed by atoms with Crippen molar-refractivity contribution in [1.29, 1.82) is 0 Å². The van der Waals surface area contributed by atoms with Gasteiger partial charge in [0.25, 0.3) is 5.91 Å². The predicted octanol–water partition coefficient (Wildman–Crippen LogP) is 4.03. The van der Waals surface area contributed by atoms with Gasteiger partial charge >= 0.3 is 0 Å². The van der Waals surface area contributed by atoms with Crippen LogP contribution in [0.4, 0.5) is 0 Å². The highest BCUT2D eigenvalue weighted by molar-refractivity contribution is 7.21. The minimum absolute atomic E-state index is 0.0358. The number of hydrazone groups is 1. The molecule has 0 fully saturated rings. The van der Waals surface area contributed by atoms with Crippen molar-refractivity contribution < 1.29 is 14.6 Å². The van der Waals surface area contributed by atoms with E-state index in [9.17, 15) is 9.90 Å². The molecule has 0 aliphatic heterocycles. The number of nitrogens with zero attached hydrogens (tertiary/aromatic N) is 1. The average Bonchev–Trinajstić information content (AvgIpc) is 2.94. The lowest BCUT2D eigenvalue weighted by Crippen LogP contribution is -2.16. The Bertz CT molecular complexity index is 937. The number of rotatable bonds is 4. The highest BCUT2D eigenvalue weighted by Crippen LogP contribution is 2.34. The molecule has 0 radical (unpaired) electrons. The summed E-state index contributed by atoms with van der Waals surface area (Å²) in [5, 5.41) is 14.9. The molecule has 0 aliphatic rings. The van der Waals surface area contributed by atoms with Crippen molar-refractivity contribution in [2.45, 2.75) is 0 Å². The third kappa shape index (κ3) is 3.20. The number of phenols is 1. The zero-order valence-corrected chi connectivity index (χ0v) is 14.2. The second kappa shape index (κ2) is 6.90. The third-order valence-electron chi connectivity index (χ3n) is 3.35. The highest BCUT2D eigenvalue weighted by atomic mass is 35.5. The summed E-state index contributed by atoms with van der Waals surface area (Å²) in [6.45, 7) is 0. The molecule has 0 unspecified atom stereocenters. The Morgan fingerprint density at radius 2 is 2.12 bits per heavy atom.